The van der Waals surface area contributed by atoms with Gasteiger partial charge in [-0.1, -0.05) is 12.1 Å². The van der Waals surface area contributed by atoms with Gasteiger partial charge in [-0.2, -0.15) is 0 Å². The Labute approximate surface area is 123 Å². The van der Waals surface area contributed by atoms with Gasteiger partial charge in [-0.25, -0.2) is 4.98 Å². The summed E-state index contributed by atoms with van der Waals surface area (Å²) in [6.07, 6.45) is 0. The second-order valence-electron chi connectivity index (χ2n) is 4.05. The Morgan fingerprint density at radius 3 is 2.89 bits per heavy atom. The van der Waals surface area contributed by atoms with Crippen LogP contribution in [0.15, 0.2) is 56.2 Å². The molecule has 0 amide bonds. The lowest BCUT2D eigenvalue weighted by Gasteiger charge is -2.00. The molecule has 0 aliphatic heterocycles. The molecule has 0 saturated heterocycles. The first-order valence-electron chi connectivity index (χ1n) is 5.74. The van der Waals surface area contributed by atoms with E-state index in [0.717, 1.165) is 15.6 Å². The number of halogens is 1. The number of fused-ring (bicyclic) bond motifs is 1. The van der Waals surface area contributed by atoms with E-state index >= 15 is 0 Å². The van der Waals surface area contributed by atoms with Crippen molar-refractivity contribution >= 4 is 44.5 Å². The van der Waals surface area contributed by atoms with Crippen LogP contribution in [0.1, 0.15) is 5.89 Å². The number of nitrogens with zero attached hydrogens (tertiary/aromatic N) is 1. The van der Waals surface area contributed by atoms with Crippen molar-refractivity contribution in [1.82, 2.24) is 4.98 Å². The van der Waals surface area contributed by atoms with Crippen LogP contribution in [0.2, 0.25) is 0 Å². The molecule has 3 nitrogen and oxygen atoms in total. The van der Waals surface area contributed by atoms with Crippen LogP contribution in [0.25, 0.3) is 11.1 Å². The van der Waals surface area contributed by atoms with E-state index in [1.807, 2.05) is 36.4 Å². The Hall–Kier alpha value is -1.46. The van der Waals surface area contributed by atoms with Crippen LogP contribution in [-0.2, 0) is 5.75 Å². The number of rotatable bonds is 3. The van der Waals surface area contributed by atoms with Crippen LogP contribution >= 0.6 is 27.7 Å². The van der Waals surface area contributed by atoms with E-state index in [1.165, 1.54) is 4.90 Å². The molecule has 1 heterocycles. The average Bonchev–Trinajstić information content (AvgIpc) is 2.79. The molecular formula is C14H11BrN2OS. The highest BCUT2D eigenvalue weighted by atomic mass is 79.9. The Morgan fingerprint density at radius 2 is 2.05 bits per heavy atom. The number of anilines is 1. The molecule has 0 atom stereocenters. The summed E-state index contributed by atoms with van der Waals surface area (Å²) in [6.45, 7) is 0. The van der Waals surface area contributed by atoms with Gasteiger partial charge in [-0.3, -0.25) is 0 Å². The molecule has 0 aliphatic rings. The average molecular weight is 335 g/mol. The molecule has 2 aromatic carbocycles. The van der Waals surface area contributed by atoms with Gasteiger partial charge in [0.1, 0.15) is 5.52 Å². The van der Waals surface area contributed by atoms with Gasteiger partial charge in [0.15, 0.2) is 5.58 Å². The van der Waals surface area contributed by atoms with Gasteiger partial charge >= 0.3 is 0 Å². The van der Waals surface area contributed by atoms with E-state index in [0.29, 0.717) is 17.3 Å². The van der Waals surface area contributed by atoms with Crippen LogP contribution in [0.5, 0.6) is 0 Å². The van der Waals surface area contributed by atoms with Gasteiger partial charge in [-0.05, 0) is 46.3 Å². The van der Waals surface area contributed by atoms with Crippen LogP contribution < -0.4 is 5.73 Å². The molecule has 0 bridgehead atoms. The summed E-state index contributed by atoms with van der Waals surface area (Å²) in [4.78, 5) is 5.61. The summed E-state index contributed by atoms with van der Waals surface area (Å²) >= 11 is 5.21. The maximum Gasteiger partial charge on any atom is 0.205 e. The van der Waals surface area contributed by atoms with E-state index in [-0.39, 0.29) is 0 Å². The van der Waals surface area contributed by atoms with Crippen molar-refractivity contribution in [3.63, 3.8) is 0 Å². The number of thioether (sulfide) groups is 1. The molecule has 96 valence electrons. The molecule has 0 unspecified atom stereocenters. The topological polar surface area (TPSA) is 52.0 Å². The third kappa shape index (κ3) is 2.77. The minimum atomic E-state index is 0.692. The molecular weight excluding hydrogens is 324 g/mol. The van der Waals surface area contributed by atoms with Crippen molar-refractivity contribution in [1.29, 1.82) is 0 Å². The molecule has 19 heavy (non-hydrogen) atoms. The van der Waals surface area contributed by atoms with Gasteiger partial charge in [0.25, 0.3) is 0 Å². The minimum absolute atomic E-state index is 0.692. The Kier molecular flexibility index (Phi) is 3.48. The summed E-state index contributed by atoms with van der Waals surface area (Å²) in [7, 11) is 0. The van der Waals surface area contributed by atoms with Gasteiger partial charge in [0.05, 0.1) is 5.75 Å². The van der Waals surface area contributed by atoms with E-state index in [2.05, 4.69) is 27.0 Å². The standard InChI is InChI=1S/C14H11BrN2OS/c15-10-3-1-2-4-13(10)19-8-14-17-11-7-9(16)5-6-12(11)18-14/h1-7H,8,16H2. The fourth-order valence-electron chi connectivity index (χ4n) is 1.76. The zero-order valence-corrected chi connectivity index (χ0v) is 12.4. The second kappa shape index (κ2) is 5.27. The summed E-state index contributed by atoms with van der Waals surface area (Å²) in [5.74, 6) is 1.40. The molecule has 0 fully saturated rings. The Morgan fingerprint density at radius 1 is 1.21 bits per heavy atom. The Bertz CT molecular complexity index is 726. The lowest BCUT2D eigenvalue weighted by Crippen LogP contribution is -1.83. The SMILES string of the molecule is Nc1ccc2oc(CSc3ccccc3Br)nc2c1. The highest BCUT2D eigenvalue weighted by molar-refractivity contribution is 9.10. The molecule has 0 spiro atoms. The molecule has 0 radical (unpaired) electrons. The minimum Gasteiger partial charge on any atom is -0.440 e. The van der Waals surface area contributed by atoms with Crippen LogP contribution in [0, 0.1) is 0 Å². The molecule has 0 aliphatic carbocycles. The van der Waals surface area contributed by atoms with Gasteiger partial charge < -0.3 is 10.2 Å². The van der Waals surface area contributed by atoms with Crippen molar-refractivity contribution in [3.8, 4) is 0 Å². The first-order valence-corrected chi connectivity index (χ1v) is 7.52. The monoisotopic (exact) mass is 334 g/mol. The van der Waals surface area contributed by atoms with E-state index < -0.39 is 0 Å². The van der Waals surface area contributed by atoms with Crippen molar-refractivity contribution in [2.75, 3.05) is 5.73 Å². The molecule has 0 saturated carbocycles. The van der Waals surface area contributed by atoms with Crippen LogP contribution in [0.3, 0.4) is 0 Å². The molecule has 3 rings (SSSR count). The van der Waals surface area contributed by atoms with Crippen LogP contribution in [0.4, 0.5) is 5.69 Å². The predicted molar refractivity (Wildman–Crippen MR) is 82.1 cm³/mol. The third-order valence-corrected chi connectivity index (χ3v) is 4.66. The molecule has 1 aromatic heterocycles. The maximum absolute atomic E-state index is 5.72. The van der Waals surface area contributed by atoms with Crippen molar-refractivity contribution in [2.24, 2.45) is 0 Å². The zero-order chi connectivity index (χ0) is 13.2. The lowest BCUT2D eigenvalue weighted by atomic mass is 10.3. The zero-order valence-electron chi connectivity index (χ0n) is 9.97. The predicted octanol–water partition coefficient (Wildman–Crippen LogP) is 4.46. The largest absolute Gasteiger partial charge is 0.440 e. The van der Waals surface area contributed by atoms with Crippen molar-refractivity contribution in [2.45, 2.75) is 10.6 Å². The smallest absolute Gasteiger partial charge is 0.205 e. The quantitative estimate of drug-likeness (QED) is 0.567. The van der Waals surface area contributed by atoms with E-state index in [1.54, 1.807) is 11.8 Å². The highest BCUT2D eigenvalue weighted by Gasteiger charge is 2.07. The normalized spacial score (nSPS) is 11.0. The van der Waals surface area contributed by atoms with Crippen molar-refractivity contribution in [3.05, 3.63) is 52.8 Å². The number of aromatic nitrogens is 1. The Balaban J connectivity index is 1.80. The van der Waals surface area contributed by atoms with E-state index in [4.69, 9.17) is 10.2 Å². The summed E-state index contributed by atoms with van der Waals surface area (Å²) < 4.78 is 6.77. The second-order valence-corrected chi connectivity index (χ2v) is 5.93. The first kappa shape index (κ1) is 12.6. The fraction of sp³-hybridized carbons (Fsp3) is 0.0714. The van der Waals surface area contributed by atoms with Gasteiger partial charge in [-0.15, -0.1) is 11.8 Å². The fourth-order valence-corrected chi connectivity index (χ4v) is 3.17. The highest BCUT2D eigenvalue weighted by Crippen LogP contribution is 2.30. The van der Waals surface area contributed by atoms with Crippen LogP contribution in [-0.4, -0.2) is 4.98 Å². The number of benzene rings is 2. The number of hydrogen-bond donors (Lipinski definition) is 1. The van der Waals surface area contributed by atoms with Gasteiger partial charge in [0.2, 0.25) is 5.89 Å². The summed E-state index contributed by atoms with van der Waals surface area (Å²) in [5.41, 5.74) is 8.01. The third-order valence-electron chi connectivity index (χ3n) is 2.64. The molecule has 2 N–H and O–H groups in total. The number of nitrogen functional groups attached to an aromatic ring is 1. The summed E-state index contributed by atoms with van der Waals surface area (Å²) in [6, 6.07) is 13.6. The van der Waals surface area contributed by atoms with E-state index in [9.17, 15) is 0 Å². The lowest BCUT2D eigenvalue weighted by molar-refractivity contribution is 0.556. The number of hydrogen-bond acceptors (Lipinski definition) is 4. The molecule has 3 aromatic rings. The maximum atomic E-state index is 5.72. The molecule has 5 heteroatoms. The first-order chi connectivity index (χ1) is 9.22. The number of nitrogens with two attached hydrogens (primary N) is 1. The number of oxazole rings is 1. The van der Waals surface area contributed by atoms with Gasteiger partial charge in [0, 0.05) is 15.1 Å². The van der Waals surface area contributed by atoms with Crippen molar-refractivity contribution < 1.29 is 4.42 Å². The summed E-state index contributed by atoms with van der Waals surface area (Å²) in [5, 5.41) is 0.